The molecular weight excluding hydrogens is 476 g/mol. The molecule has 190 valence electrons. The number of hydrogen-bond donors (Lipinski definition) is 3. The van der Waals surface area contributed by atoms with E-state index in [0.717, 1.165) is 12.8 Å². The number of aromatic carboxylic acids is 1. The number of hydrogen-bond acceptors (Lipinski definition) is 7. The lowest BCUT2D eigenvalue weighted by Gasteiger charge is -2.12. The summed E-state index contributed by atoms with van der Waals surface area (Å²) >= 11 is 0. The van der Waals surface area contributed by atoms with E-state index < -0.39 is 24.5 Å². The summed E-state index contributed by atoms with van der Waals surface area (Å²) in [7, 11) is 0. The molecule has 4 rings (SSSR count). The van der Waals surface area contributed by atoms with Crippen molar-refractivity contribution in [2.75, 3.05) is 6.61 Å². The molecule has 1 aliphatic rings. The Morgan fingerprint density at radius 3 is 2.47 bits per heavy atom. The van der Waals surface area contributed by atoms with Crippen molar-refractivity contribution in [1.29, 1.82) is 0 Å². The van der Waals surface area contributed by atoms with E-state index in [9.17, 15) is 18.4 Å². The van der Waals surface area contributed by atoms with Gasteiger partial charge >= 0.3 is 12.6 Å². The van der Waals surface area contributed by atoms with Crippen molar-refractivity contribution in [3.05, 3.63) is 65.0 Å². The fourth-order valence-electron chi connectivity index (χ4n) is 3.44. The first-order valence-electron chi connectivity index (χ1n) is 11.3. The molecule has 0 aliphatic heterocycles. The Morgan fingerprint density at radius 2 is 1.86 bits per heavy atom. The van der Waals surface area contributed by atoms with Crippen LogP contribution in [0.25, 0.3) is 11.5 Å². The molecule has 1 amide bonds. The summed E-state index contributed by atoms with van der Waals surface area (Å²) in [5.41, 5.74) is 7.23. The number of carboxylic acids is 1. The van der Waals surface area contributed by atoms with Crippen LogP contribution in [0.2, 0.25) is 0 Å². The molecule has 0 radical (unpaired) electrons. The molecule has 0 bridgehead atoms. The zero-order chi connectivity index (χ0) is 25.8. The second-order valence-electron chi connectivity index (χ2n) is 8.48. The van der Waals surface area contributed by atoms with E-state index >= 15 is 0 Å². The quantitative estimate of drug-likeness (QED) is 0.352. The predicted molar refractivity (Wildman–Crippen MR) is 124 cm³/mol. The van der Waals surface area contributed by atoms with Crippen molar-refractivity contribution < 1.29 is 37.4 Å². The number of ether oxygens (including phenoxy) is 2. The minimum Gasteiger partial charge on any atom is -0.489 e. The summed E-state index contributed by atoms with van der Waals surface area (Å²) in [6.45, 7) is -0.910. The summed E-state index contributed by atoms with van der Waals surface area (Å²) in [5.74, 6) is -0.535. The van der Waals surface area contributed by atoms with Gasteiger partial charge in [-0.3, -0.25) is 4.79 Å². The number of aromatic nitrogens is 1. The molecule has 2 aromatic carbocycles. The van der Waals surface area contributed by atoms with E-state index in [0.29, 0.717) is 29.5 Å². The molecule has 1 heterocycles. The van der Waals surface area contributed by atoms with E-state index in [1.165, 1.54) is 42.5 Å². The van der Waals surface area contributed by atoms with Gasteiger partial charge in [-0.05, 0) is 68.1 Å². The molecule has 11 heteroatoms. The summed E-state index contributed by atoms with van der Waals surface area (Å²) < 4.78 is 41.8. The third-order valence-corrected chi connectivity index (χ3v) is 5.53. The first kappa shape index (κ1) is 25.1. The average Bonchev–Trinajstić information content (AvgIpc) is 3.58. The summed E-state index contributed by atoms with van der Waals surface area (Å²) in [5, 5.41) is 11.7. The van der Waals surface area contributed by atoms with Gasteiger partial charge in [0.25, 0.3) is 5.91 Å². The van der Waals surface area contributed by atoms with E-state index in [1.54, 1.807) is 6.92 Å². The first-order chi connectivity index (χ1) is 17.2. The lowest BCUT2D eigenvalue weighted by molar-refractivity contribution is -0.0515. The van der Waals surface area contributed by atoms with Gasteiger partial charge in [0, 0.05) is 11.1 Å². The van der Waals surface area contributed by atoms with Crippen LogP contribution in [0, 0.1) is 5.92 Å². The van der Waals surface area contributed by atoms with Gasteiger partial charge in [-0.2, -0.15) is 8.78 Å². The van der Waals surface area contributed by atoms with Crippen LogP contribution < -0.4 is 20.5 Å². The number of nitrogens with two attached hydrogens (primary N) is 1. The Labute approximate surface area is 205 Å². The number of halogens is 2. The van der Waals surface area contributed by atoms with Crippen LogP contribution in [0.15, 0.2) is 46.9 Å². The Balaban J connectivity index is 1.53. The Kier molecular flexibility index (Phi) is 7.49. The Morgan fingerprint density at radius 1 is 1.17 bits per heavy atom. The molecule has 1 saturated carbocycles. The van der Waals surface area contributed by atoms with Crippen molar-refractivity contribution in [2.45, 2.75) is 39.0 Å². The van der Waals surface area contributed by atoms with Gasteiger partial charge in [-0.1, -0.05) is 0 Å². The SMILES string of the molecule is CC(N)c1oc(-c2ccc(OC(F)F)c(OCC3CC3)c2)nc1CNC(=O)c1ccc(C(=O)O)cc1. The number of nitrogens with one attached hydrogen (secondary N) is 1. The van der Waals surface area contributed by atoms with Gasteiger partial charge in [0.15, 0.2) is 11.5 Å². The van der Waals surface area contributed by atoms with Crippen molar-refractivity contribution in [3.63, 3.8) is 0 Å². The number of carbonyl (C=O) groups excluding carboxylic acids is 1. The van der Waals surface area contributed by atoms with Crippen LogP contribution >= 0.6 is 0 Å². The van der Waals surface area contributed by atoms with Gasteiger partial charge < -0.3 is 30.0 Å². The highest BCUT2D eigenvalue weighted by molar-refractivity contribution is 5.95. The maximum atomic E-state index is 12.8. The van der Waals surface area contributed by atoms with Crippen LogP contribution in [-0.2, 0) is 6.54 Å². The maximum absolute atomic E-state index is 12.8. The third-order valence-electron chi connectivity index (χ3n) is 5.53. The van der Waals surface area contributed by atoms with E-state index in [4.69, 9.17) is 20.0 Å². The second-order valence-corrected chi connectivity index (χ2v) is 8.48. The molecule has 1 fully saturated rings. The zero-order valence-electron chi connectivity index (χ0n) is 19.4. The molecule has 1 aliphatic carbocycles. The molecule has 1 unspecified atom stereocenters. The van der Waals surface area contributed by atoms with Gasteiger partial charge in [0.1, 0.15) is 11.5 Å². The number of carboxylic acid groups (broad SMARTS) is 1. The molecule has 9 nitrogen and oxygen atoms in total. The number of benzene rings is 2. The molecule has 1 atom stereocenters. The number of alkyl halides is 2. The number of carbonyl (C=O) groups is 2. The van der Waals surface area contributed by atoms with Crippen molar-refractivity contribution >= 4 is 11.9 Å². The van der Waals surface area contributed by atoms with E-state index in [1.807, 2.05) is 0 Å². The molecule has 0 spiro atoms. The maximum Gasteiger partial charge on any atom is 0.387 e. The summed E-state index contributed by atoms with van der Waals surface area (Å²) in [6.07, 6.45) is 2.06. The zero-order valence-corrected chi connectivity index (χ0v) is 19.4. The van der Waals surface area contributed by atoms with Gasteiger partial charge in [0.05, 0.1) is 24.8 Å². The van der Waals surface area contributed by atoms with Crippen LogP contribution in [0.1, 0.15) is 58.0 Å². The average molecular weight is 501 g/mol. The number of oxazole rings is 1. The highest BCUT2D eigenvalue weighted by Gasteiger charge is 2.24. The summed E-state index contributed by atoms with van der Waals surface area (Å²) in [4.78, 5) is 28.0. The normalized spacial score (nSPS) is 13.9. The molecule has 3 aromatic rings. The number of amides is 1. The minimum atomic E-state index is -3.00. The summed E-state index contributed by atoms with van der Waals surface area (Å²) in [6, 6.07) is 9.35. The minimum absolute atomic E-state index is 0.00248. The molecule has 36 heavy (non-hydrogen) atoms. The molecule has 1 aromatic heterocycles. The monoisotopic (exact) mass is 501 g/mol. The Bertz CT molecular complexity index is 1240. The third kappa shape index (κ3) is 6.16. The number of nitrogens with zero attached hydrogens (tertiary/aromatic N) is 1. The van der Waals surface area contributed by atoms with E-state index in [2.05, 4.69) is 15.0 Å². The Hall–Kier alpha value is -3.99. The first-order valence-corrected chi connectivity index (χ1v) is 11.3. The second kappa shape index (κ2) is 10.7. The highest BCUT2D eigenvalue weighted by atomic mass is 19.3. The van der Waals surface area contributed by atoms with Crippen LogP contribution in [-0.4, -0.2) is 35.2 Å². The van der Waals surface area contributed by atoms with Crippen molar-refractivity contribution in [2.24, 2.45) is 11.7 Å². The van der Waals surface area contributed by atoms with Gasteiger partial charge in [-0.25, -0.2) is 9.78 Å². The van der Waals surface area contributed by atoms with Gasteiger partial charge in [-0.15, -0.1) is 0 Å². The fourth-order valence-corrected chi connectivity index (χ4v) is 3.44. The van der Waals surface area contributed by atoms with Crippen molar-refractivity contribution in [3.8, 4) is 23.0 Å². The predicted octanol–water partition coefficient (Wildman–Crippen LogP) is 4.38. The lowest BCUT2D eigenvalue weighted by Crippen LogP contribution is -2.24. The van der Waals surface area contributed by atoms with Crippen LogP contribution in [0.3, 0.4) is 0 Å². The van der Waals surface area contributed by atoms with Crippen molar-refractivity contribution in [1.82, 2.24) is 10.3 Å². The topological polar surface area (TPSA) is 137 Å². The molecule has 0 saturated heterocycles. The molecular formula is C25H25F2N3O6. The smallest absolute Gasteiger partial charge is 0.387 e. The van der Waals surface area contributed by atoms with E-state index in [-0.39, 0.29) is 35.1 Å². The van der Waals surface area contributed by atoms with Crippen LogP contribution in [0.4, 0.5) is 8.78 Å². The fraction of sp³-hybridized carbons (Fsp3) is 0.320. The molecule has 4 N–H and O–H groups in total. The standard InChI is InChI=1S/C25H25F2N3O6/c1-13(28)21-18(11-29-22(31)15-4-6-16(7-5-15)24(32)33)30-23(36-21)17-8-9-19(35-25(26)27)20(10-17)34-12-14-2-3-14/h4-10,13-14,25H,2-3,11-12,28H2,1H3,(H,29,31)(H,32,33). The number of rotatable bonds is 11. The highest BCUT2D eigenvalue weighted by Crippen LogP contribution is 2.37. The largest absolute Gasteiger partial charge is 0.489 e. The lowest BCUT2D eigenvalue weighted by atomic mass is 10.1. The van der Waals surface area contributed by atoms with Crippen LogP contribution in [0.5, 0.6) is 11.5 Å². The van der Waals surface area contributed by atoms with Gasteiger partial charge in [0.2, 0.25) is 5.89 Å².